The molecule has 0 fully saturated rings. The lowest BCUT2D eigenvalue weighted by Crippen LogP contribution is -1.94. The van der Waals surface area contributed by atoms with Crippen molar-refractivity contribution < 1.29 is 0 Å². The molecular weight excluding hydrogens is 202 g/mol. The molecule has 0 aliphatic carbocycles. The molecule has 0 bridgehead atoms. The predicted molar refractivity (Wildman–Crippen MR) is 67.2 cm³/mol. The van der Waals surface area contributed by atoms with Crippen LogP contribution in [0.1, 0.15) is 5.56 Å². The van der Waals surface area contributed by atoms with Crippen LogP contribution in [0.5, 0.6) is 0 Å². The number of thiophene rings is 1. The van der Waals surface area contributed by atoms with Crippen LogP contribution in [-0.4, -0.2) is 0 Å². The van der Waals surface area contributed by atoms with Gasteiger partial charge >= 0.3 is 0 Å². The van der Waals surface area contributed by atoms with Gasteiger partial charge in [0.05, 0.1) is 0 Å². The fourth-order valence-corrected chi connectivity index (χ4v) is 2.99. The standard InChI is InChI=1S/C13H11NS/c14-8-9-5-6-13-11(7-9)10-3-1-2-4-12(10)15-13/h1-7H,8,14H2. The Balaban J connectivity index is 2.46. The minimum Gasteiger partial charge on any atom is -0.326 e. The zero-order valence-electron chi connectivity index (χ0n) is 8.23. The third kappa shape index (κ3) is 1.34. The summed E-state index contributed by atoms with van der Waals surface area (Å²) in [7, 11) is 0. The number of fused-ring (bicyclic) bond motifs is 3. The van der Waals surface area contributed by atoms with E-state index in [0.717, 1.165) is 0 Å². The van der Waals surface area contributed by atoms with Gasteiger partial charge in [-0.15, -0.1) is 11.3 Å². The Bertz CT molecular complexity index is 625. The summed E-state index contributed by atoms with van der Waals surface area (Å²) in [5.41, 5.74) is 6.86. The molecule has 0 radical (unpaired) electrons. The summed E-state index contributed by atoms with van der Waals surface area (Å²) in [5.74, 6) is 0. The minimum atomic E-state index is 0.611. The van der Waals surface area contributed by atoms with Crippen molar-refractivity contribution in [2.45, 2.75) is 6.54 Å². The van der Waals surface area contributed by atoms with E-state index in [1.807, 2.05) is 11.3 Å². The highest BCUT2D eigenvalue weighted by molar-refractivity contribution is 7.25. The SMILES string of the molecule is NCc1ccc2sc3ccccc3c2c1. The molecule has 0 amide bonds. The Hall–Kier alpha value is -1.38. The van der Waals surface area contributed by atoms with E-state index in [4.69, 9.17) is 5.73 Å². The lowest BCUT2D eigenvalue weighted by molar-refractivity contribution is 1.08. The van der Waals surface area contributed by atoms with Gasteiger partial charge in [-0.2, -0.15) is 0 Å². The van der Waals surface area contributed by atoms with Gasteiger partial charge in [-0.25, -0.2) is 0 Å². The summed E-state index contributed by atoms with van der Waals surface area (Å²) in [6.45, 7) is 0.611. The Morgan fingerprint density at radius 3 is 2.60 bits per heavy atom. The van der Waals surface area contributed by atoms with Crippen molar-refractivity contribution in [1.29, 1.82) is 0 Å². The van der Waals surface area contributed by atoms with E-state index in [1.165, 1.54) is 25.7 Å². The molecule has 74 valence electrons. The van der Waals surface area contributed by atoms with Crippen LogP contribution in [0.4, 0.5) is 0 Å². The molecule has 1 aromatic heterocycles. The van der Waals surface area contributed by atoms with Gasteiger partial charge in [0.15, 0.2) is 0 Å². The van der Waals surface area contributed by atoms with Crippen LogP contribution in [0.15, 0.2) is 42.5 Å². The highest BCUT2D eigenvalue weighted by Crippen LogP contribution is 2.33. The average Bonchev–Trinajstić information content (AvgIpc) is 2.66. The van der Waals surface area contributed by atoms with Crippen LogP contribution < -0.4 is 5.73 Å². The van der Waals surface area contributed by atoms with Crippen LogP contribution >= 0.6 is 11.3 Å². The van der Waals surface area contributed by atoms with Crippen molar-refractivity contribution >= 4 is 31.5 Å². The summed E-state index contributed by atoms with van der Waals surface area (Å²) in [6, 6.07) is 15.0. The average molecular weight is 213 g/mol. The first-order chi connectivity index (χ1) is 7.38. The van der Waals surface area contributed by atoms with Crippen LogP contribution in [0.2, 0.25) is 0 Å². The lowest BCUT2D eigenvalue weighted by Gasteiger charge is -1.96. The first-order valence-electron chi connectivity index (χ1n) is 4.99. The van der Waals surface area contributed by atoms with E-state index in [2.05, 4.69) is 42.5 Å². The Labute approximate surface area is 92.1 Å². The van der Waals surface area contributed by atoms with Gasteiger partial charge in [0.25, 0.3) is 0 Å². The molecule has 2 N–H and O–H groups in total. The molecule has 2 aromatic carbocycles. The second-order valence-corrected chi connectivity index (χ2v) is 4.72. The Morgan fingerprint density at radius 1 is 0.933 bits per heavy atom. The smallest absolute Gasteiger partial charge is 0.0355 e. The molecule has 1 nitrogen and oxygen atoms in total. The topological polar surface area (TPSA) is 26.0 Å². The molecule has 15 heavy (non-hydrogen) atoms. The van der Waals surface area contributed by atoms with Gasteiger partial charge in [0.1, 0.15) is 0 Å². The van der Waals surface area contributed by atoms with Crippen molar-refractivity contribution in [1.82, 2.24) is 0 Å². The number of hydrogen-bond donors (Lipinski definition) is 1. The van der Waals surface area contributed by atoms with Crippen LogP contribution in [-0.2, 0) is 6.54 Å². The van der Waals surface area contributed by atoms with Crippen molar-refractivity contribution in [3.63, 3.8) is 0 Å². The molecule has 1 heterocycles. The highest BCUT2D eigenvalue weighted by Gasteiger charge is 2.03. The first-order valence-corrected chi connectivity index (χ1v) is 5.80. The van der Waals surface area contributed by atoms with E-state index in [0.29, 0.717) is 6.54 Å². The van der Waals surface area contributed by atoms with E-state index in [1.54, 1.807) is 0 Å². The van der Waals surface area contributed by atoms with Crippen LogP contribution in [0, 0.1) is 0 Å². The zero-order valence-corrected chi connectivity index (χ0v) is 9.05. The van der Waals surface area contributed by atoms with Crippen molar-refractivity contribution in [2.75, 3.05) is 0 Å². The third-order valence-corrected chi connectivity index (χ3v) is 3.83. The maximum absolute atomic E-state index is 5.66. The molecule has 0 saturated carbocycles. The number of benzene rings is 2. The van der Waals surface area contributed by atoms with Crippen molar-refractivity contribution in [2.24, 2.45) is 5.73 Å². The minimum absolute atomic E-state index is 0.611. The maximum Gasteiger partial charge on any atom is 0.0355 e. The molecule has 0 saturated heterocycles. The maximum atomic E-state index is 5.66. The second-order valence-electron chi connectivity index (χ2n) is 3.63. The summed E-state index contributed by atoms with van der Waals surface area (Å²) in [4.78, 5) is 0. The van der Waals surface area contributed by atoms with E-state index < -0.39 is 0 Å². The molecule has 0 aliphatic heterocycles. The second kappa shape index (κ2) is 3.33. The quantitative estimate of drug-likeness (QED) is 0.657. The van der Waals surface area contributed by atoms with Gasteiger partial charge in [0.2, 0.25) is 0 Å². The number of nitrogens with two attached hydrogens (primary N) is 1. The van der Waals surface area contributed by atoms with Gasteiger partial charge < -0.3 is 5.73 Å². The van der Waals surface area contributed by atoms with Crippen molar-refractivity contribution in [3.05, 3.63) is 48.0 Å². The Kier molecular flexibility index (Phi) is 1.97. The van der Waals surface area contributed by atoms with E-state index in [9.17, 15) is 0 Å². The van der Waals surface area contributed by atoms with E-state index in [-0.39, 0.29) is 0 Å². The normalized spacial score (nSPS) is 11.3. The van der Waals surface area contributed by atoms with Crippen molar-refractivity contribution in [3.8, 4) is 0 Å². The summed E-state index contributed by atoms with van der Waals surface area (Å²) >= 11 is 1.84. The molecule has 0 aliphatic rings. The van der Waals surface area contributed by atoms with Gasteiger partial charge in [-0.05, 0) is 23.8 Å². The molecule has 3 rings (SSSR count). The van der Waals surface area contributed by atoms with Crippen LogP contribution in [0.3, 0.4) is 0 Å². The number of rotatable bonds is 1. The summed E-state index contributed by atoms with van der Waals surface area (Å²) in [6.07, 6.45) is 0. The molecule has 0 atom stereocenters. The molecule has 2 heteroatoms. The Morgan fingerprint density at radius 2 is 1.73 bits per heavy atom. The van der Waals surface area contributed by atoms with E-state index >= 15 is 0 Å². The summed E-state index contributed by atoms with van der Waals surface area (Å²) < 4.78 is 2.69. The first kappa shape index (κ1) is 8.89. The van der Waals surface area contributed by atoms with Gasteiger partial charge in [-0.3, -0.25) is 0 Å². The highest BCUT2D eigenvalue weighted by atomic mass is 32.1. The molecular formula is C13H11NS. The zero-order chi connectivity index (χ0) is 10.3. The fourth-order valence-electron chi connectivity index (χ4n) is 1.90. The molecule has 0 spiro atoms. The third-order valence-electron chi connectivity index (χ3n) is 2.68. The molecule has 3 aromatic rings. The number of hydrogen-bond acceptors (Lipinski definition) is 2. The molecule has 0 unspecified atom stereocenters. The fraction of sp³-hybridized carbons (Fsp3) is 0.0769. The lowest BCUT2D eigenvalue weighted by atomic mass is 10.1. The van der Waals surface area contributed by atoms with Crippen LogP contribution in [0.25, 0.3) is 20.2 Å². The van der Waals surface area contributed by atoms with Gasteiger partial charge in [-0.1, -0.05) is 24.3 Å². The van der Waals surface area contributed by atoms with Gasteiger partial charge in [0, 0.05) is 26.7 Å². The summed E-state index contributed by atoms with van der Waals surface area (Å²) in [5, 5.41) is 2.67. The largest absolute Gasteiger partial charge is 0.326 e. The monoisotopic (exact) mass is 213 g/mol. The predicted octanol–water partition coefficient (Wildman–Crippen LogP) is 3.51.